The van der Waals surface area contributed by atoms with Crippen molar-refractivity contribution in [2.45, 2.75) is 44.7 Å². The normalized spacial score (nSPS) is 16.9. The first-order valence-corrected chi connectivity index (χ1v) is 6.97. The van der Waals surface area contributed by atoms with Gasteiger partial charge in [-0.2, -0.15) is 0 Å². The molecule has 0 aromatic heterocycles. The first kappa shape index (κ1) is 14.8. The van der Waals surface area contributed by atoms with E-state index >= 15 is 0 Å². The average Bonchev–Trinajstić information content (AvgIpc) is 2.89. The Kier molecular flexibility index (Phi) is 4.60. The topological polar surface area (TPSA) is 61.4 Å². The van der Waals surface area contributed by atoms with Crippen LogP contribution in [0.1, 0.15) is 36.8 Å². The smallest absolute Gasteiger partial charge is 0.315 e. The van der Waals surface area contributed by atoms with Crippen LogP contribution in [0.2, 0.25) is 0 Å². The molecular formula is C15H21FN2O2. The van der Waals surface area contributed by atoms with Crippen LogP contribution in [-0.4, -0.2) is 23.3 Å². The fourth-order valence-corrected chi connectivity index (χ4v) is 2.66. The molecule has 0 radical (unpaired) electrons. The monoisotopic (exact) mass is 280 g/mol. The second-order valence-corrected chi connectivity index (χ2v) is 5.54. The Balaban J connectivity index is 1.87. The van der Waals surface area contributed by atoms with Gasteiger partial charge in [0.25, 0.3) is 0 Å². The quantitative estimate of drug-likeness (QED) is 0.792. The summed E-state index contributed by atoms with van der Waals surface area (Å²) >= 11 is 0. The van der Waals surface area contributed by atoms with Gasteiger partial charge in [0.05, 0.1) is 12.1 Å². The standard InChI is InChI=1S/C15H21FN2O2/c1-11-8-12(4-5-13(11)16)9-17-14(20)18-15(10-19)6-2-3-7-15/h4-5,8,19H,2-3,6-7,9-10H2,1H3,(H2,17,18,20). The van der Waals surface area contributed by atoms with Gasteiger partial charge in [-0.3, -0.25) is 0 Å². The van der Waals surface area contributed by atoms with Crippen LogP contribution in [0, 0.1) is 12.7 Å². The van der Waals surface area contributed by atoms with E-state index in [4.69, 9.17) is 0 Å². The Bertz CT molecular complexity index is 485. The van der Waals surface area contributed by atoms with E-state index in [0.29, 0.717) is 12.1 Å². The van der Waals surface area contributed by atoms with E-state index in [9.17, 15) is 14.3 Å². The molecule has 1 aliphatic carbocycles. The summed E-state index contributed by atoms with van der Waals surface area (Å²) < 4.78 is 13.1. The third-order valence-corrected chi connectivity index (χ3v) is 3.92. The highest BCUT2D eigenvalue weighted by Gasteiger charge is 2.34. The van der Waals surface area contributed by atoms with Crippen molar-refractivity contribution in [3.63, 3.8) is 0 Å². The van der Waals surface area contributed by atoms with Crippen molar-refractivity contribution >= 4 is 6.03 Å². The van der Waals surface area contributed by atoms with Crippen molar-refractivity contribution in [2.75, 3.05) is 6.61 Å². The fraction of sp³-hybridized carbons (Fsp3) is 0.533. The highest BCUT2D eigenvalue weighted by atomic mass is 19.1. The van der Waals surface area contributed by atoms with Crippen LogP contribution in [0.4, 0.5) is 9.18 Å². The predicted octanol–water partition coefficient (Wildman–Crippen LogP) is 2.24. The molecule has 0 bridgehead atoms. The van der Waals surface area contributed by atoms with Gasteiger partial charge in [-0.25, -0.2) is 9.18 Å². The van der Waals surface area contributed by atoms with Gasteiger partial charge < -0.3 is 15.7 Å². The third kappa shape index (κ3) is 3.48. The lowest BCUT2D eigenvalue weighted by Crippen LogP contribution is -2.52. The number of amides is 2. The Morgan fingerprint density at radius 2 is 2.10 bits per heavy atom. The van der Waals surface area contributed by atoms with Crippen molar-refractivity contribution in [3.05, 3.63) is 35.1 Å². The average molecular weight is 280 g/mol. The number of aliphatic hydroxyl groups is 1. The molecule has 0 unspecified atom stereocenters. The van der Waals surface area contributed by atoms with E-state index in [1.807, 2.05) is 0 Å². The molecule has 4 nitrogen and oxygen atoms in total. The van der Waals surface area contributed by atoms with E-state index in [-0.39, 0.29) is 18.5 Å². The van der Waals surface area contributed by atoms with E-state index in [0.717, 1.165) is 31.2 Å². The molecule has 110 valence electrons. The molecule has 2 amide bonds. The molecule has 1 saturated carbocycles. The molecule has 0 spiro atoms. The molecule has 1 fully saturated rings. The van der Waals surface area contributed by atoms with E-state index in [2.05, 4.69) is 10.6 Å². The first-order chi connectivity index (χ1) is 9.54. The summed E-state index contributed by atoms with van der Waals surface area (Å²) in [4.78, 5) is 11.9. The summed E-state index contributed by atoms with van der Waals surface area (Å²) in [6.45, 7) is 2.00. The fourth-order valence-electron chi connectivity index (χ4n) is 2.66. The number of rotatable bonds is 4. The van der Waals surface area contributed by atoms with Gasteiger partial charge in [-0.15, -0.1) is 0 Å². The number of aliphatic hydroxyl groups excluding tert-OH is 1. The third-order valence-electron chi connectivity index (χ3n) is 3.92. The lowest BCUT2D eigenvalue weighted by atomic mass is 9.99. The summed E-state index contributed by atoms with van der Waals surface area (Å²) in [5.74, 6) is -0.247. The number of hydrogen-bond donors (Lipinski definition) is 3. The van der Waals surface area contributed by atoms with Crippen LogP contribution in [-0.2, 0) is 6.54 Å². The SMILES string of the molecule is Cc1cc(CNC(=O)NC2(CO)CCCC2)ccc1F. The van der Waals surface area contributed by atoms with Crippen LogP contribution in [0.15, 0.2) is 18.2 Å². The van der Waals surface area contributed by atoms with Crippen molar-refractivity contribution < 1.29 is 14.3 Å². The van der Waals surface area contributed by atoms with Crippen LogP contribution in [0.5, 0.6) is 0 Å². The zero-order chi connectivity index (χ0) is 14.6. The Hall–Kier alpha value is -1.62. The minimum absolute atomic E-state index is 0.0317. The molecule has 3 N–H and O–H groups in total. The van der Waals surface area contributed by atoms with Crippen LogP contribution < -0.4 is 10.6 Å². The number of halogens is 1. The predicted molar refractivity (Wildman–Crippen MR) is 74.8 cm³/mol. The van der Waals surface area contributed by atoms with Gasteiger partial charge in [0, 0.05) is 6.54 Å². The Morgan fingerprint density at radius 1 is 1.40 bits per heavy atom. The second-order valence-electron chi connectivity index (χ2n) is 5.54. The van der Waals surface area contributed by atoms with Gasteiger partial charge in [-0.05, 0) is 37.0 Å². The van der Waals surface area contributed by atoms with E-state index < -0.39 is 5.54 Å². The Morgan fingerprint density at radius 3 is 2.70 bits per heavy atom. The minimum Gasteiger partial charge on any atom is -0.394 e. The maximum Gasteiger partial charge on any atom is 0.315 e. The number of nitrogens with one attached hydrogen (secondary N) is 2. The molecule has 0 atom stereocenters. The van der Waals surface area contributed by atoms with Crippen LogP contribution in [0.25, 0.3) is 0 Å². The van der Waals surface area contributed by atoms with Crippen LogP contribution in [0.3, 0.4) is 0 Å². The molecular weight excluding hydrogens is 259 g/mol. The highest BCUT2D eigenvalue weighted by Crippen LogP contribution is 2.28. The van der Waals surface area contributed by atoms with Gasteiger partial charge in [0.15, 0.2) is 0 Å². The Labute approximate surface area is 118 Å². The molecule has 1 aliphatic rings. The van der Waals surface area contributed by atoms with Gasteiger partial charge in [-0.1, -0.05) is 25.0 Å². The molecule has 1 aromatic rings. The number of benzene rings is 1. The molecule has 2 rings (SSSR count). The lowest BCUT2D eigenvalue weighted by molar-refractivity contribution is 0.163. The van der Waals surface area contributed by atoms with Crippen molar-refractivity contribution in [3.8, 4) is 0 Å². The van der Waals surface area contributed by atoms with Crippen LogP contribution >= 0.6 is 0 Å². The zero-order valence-electron chi connectivity index (χ0n) is 11.7. The molecule has 0 aliphatic heterocycles. The zero-order valence-corrected chi connectivity index (χ0v) is 11.7. The lowest BCUT2D eigenvalue weighted by Gasteiger charge is -2.28. The van der Waals surface area contributed by atoms with Gasteiger partial charge >= 0.3 is 6.03 Å². The molecule has 5 heteroatoms. The number of carbonyl (C=O) groups is 1. The van der Waals surface area contributed by atoms with Crippen molar-refractivity contribution in [2.24, 2.45) is 0 Å². The molecule has 20 heavy (non-hydrogen) atoms. The number of aryl methyl sites for hydroxylation is 1. The highest BCUT2D eigenvalue weighted by molar-refractivity contribution is 5.74. The largest absolute Gasteiger partial charge is 0.394 e. The minimum atomic E-state index is -0.469. The van der Waals surface area contributed by atoms with Crippen molar-refractivity contribution in [1.82, 2.24) is 10.6 Å². The molecule has 0 saturated heterocycles. The molecule has 0 heterocycles. The summed E-state index contributed by atoms with van der Waals surface area (Å²) in [6, 6.07) is 4.48. The van der Waals surface area contributed by atoms with E-state index in [1.54, 1.807) is 19.1 Å². The number of hydrogen-bond acceptors (Lipinski definition) is 2. The number of urea groups is 1. The summed E-state index contributed by atoms with van der Waals surface area (Å²) in [7, 11) is 0. The summed E-state index contributed by atoms with van der Waals surface area (Å²) in [5, 5.41) is 15.0. The summed E-state index contributed by atoms with van der Waals surface area (Å²) in [6.07, 6.45) is 3.68. The number of carbonyl (C=O) groups excluding carboxylic acids is 1. The van der Waals surface area contributed by atoms with Crippen molar-refractivity contribution in [1.29, 1.82) is 0 Å². The van der Waals surface area contributed by atoms with Gasteiger partial charge in [0.1, 0.15) is 5.82 Å². The first-order valence-electron chi connectivity index (χ1n) is 6.97. The summed E-state index contributed by atoms with van der Waals surface area (Å²) in [5.41, 5.74) is 0.943. The maximum atomic E-state index is 13.1. The maximum absolute atomic E-state index is 13.1. The second kappa shape index (κ2) is 6.22. The van der Waals surface area contributed by atoms with Gasteiger partial charge in [0.2, 0.25) is 0 Å². The molecule has 1 aromatic carbocycles. The van der Waals surface area contributed by atoms with E-state index in [1.165, 1.54) is 6.07 Å².